The number of aliphatic carboxylic acids is 2. The number of alkyl halides is 1. The van der Waals surface area contributed by atoms with Crippen LogP contribution in [0.15, 0.2) is 11.6 Å². The van der Waals surface area contributed by atoms with Crippen molar-refractivity contribution in [3.05, 3.63) is 11.6 Å². The molecule has 10 heavy (non-hydrogen) atoms. The Bertz CT molecular complexity index is 184. The molecule has 0 aliphatic carbocycles. The van der Waals surface area contributed by atoms with Gasteiger partial charge in [-0.3, -0.25) is 0 Å². The fraction of sp³-hybridized carbons (Fsp3) is 0.200. The molecule has 56 valence electrons. The quantitative estimate of drug-likeness (QED) is 0.523. The van der Waals surface area contributed by atoms with Gasteiger partial charge in [0.25, 0.3) is 0 Å². The molecule has 0 unspecified atom stereocenters. The number of carboxylic acid groups (broad SMARTS) is 2. The summed E-state index contributed by atoms with van der Waals surface area (Å²) in [6, 6.07) is 0. The maximum Gasteiger partial charge on any atom is 0.332 e. The topological polar surface area (TPSA) is 74.6 Å². The number of hydrogen-bond donors (Lipinski definition) is 2. The summed E-state index contributed by atoms with van der Waals surface area (Å²) in [4.78, 5) is 20.0. The first-order valence-electron chi connectivity index (χ1n) is 2.30. The fourth-order valence-electron chi connectivity index (χ4n) is 0.307. The summed E-state index contributed by atoms with van der Waals surface area (Å²) >= 11 is 2.83. The van der Waals surface area contributed by atoms with E-state index in [1.165, 1.54) is 0 Å². The van der Waals surface area contributed by atoms with Crippen LogP contribution in [-0.2, 0) is 9.59 Å². The minimum atomic E-state index is -1.25. The van der Waals surface area contributed by atoms with E-state index in [-0.39, 0.29) is 10.9 Å². The van der Waals surface area contributed by atoms with E-state index in [2.05, 4.69) is 15.9 Å². The zero-order chi connectivity index (χ0) is 8.15. The van der Waals surface area contributed by atoms with Crippen molar-refractivity contribution in [1.29, 1.82) is 0 Å². The molecule has 0 aromatic carbocycles. The van der Waals surface area contributed by atoms with Crippen molar-refractivity contribution < 1.29 is 19.8 Å². The van der Waals surface area contributed by atoms with Gasteiger partial charge in [-0.2, -0.15) is 0 Å². The number of hydrogen-bond acceptors (Lipinski definition) is 2. The van der Waals surface area contributed by atoms with Crippen molar-refractivity contribution in [1.82, 2.24) is 0 Å². The molecule has 4 nitrogen and oxygen atoms in total. The van der Waals surface area contributed by atoms with E-state index in [4.69, 9.17) is 10.2 Å². The van der Waals surface area contributed by atoms with E-state index in [0.29, 0.717) is 6.08 Å². The van der Waals surface area contributed by atoms with Gasteiger partial charge < -0.3 is 10.2 Å². The van der Waals surface area contributed by atoms with Gasteiger partial charge in [-0.05, 0) is 0 Å². The third-order valence-corrected chi connectivity index (χ3v) is 1.32. The van der Waals surface area contributed by atoms with Gasteiger partial charge in [0.1, 0.15) is 0 Å². The first kappa shape index (κ1) is 9.16. The lowest BCUT2D eigenvalue weighted by Gasteiger charge is -1.91. The van der Waals surface area contributed by atoms with Crippen LogP contribution in [0.1, 0.15) is 0 Å². The molecule has 0 fully saturated rings. The monoisotopic (exact) mass is 208 g/mol. The minimum absolute atomic E-state index is 0.0363. The lowest BCUT2D eigenvalue weighted by molar-refractivity contribution is -0.135. The lowest BCUT2D eigenvalue weighted by atomic mass is 10.3. The average Bonchev–Trinajstić information content (AvgIpc) is 1.81. The van der Waals surface area contributed by atoms with Crippen molar-refractivity contribution in [3.8, 4) is 0 Å². The van der Waals surface area contributed by atoms with Crippen LogP contribution in [0.5, 0.6) is 0 Å². The molecular weight excluding hydrogens is 204 g/mol. The molecule has 0 amide bonds. The summed E-state index contributed by atoms with van der Waals surface area (Å²) in [6.45, 7) is 0. The smallest absolute Gasteiger partial charge is 0.332 e. The Morgan fingerprint density at radius 3 is 2.00 bits per heavy atom. The van der Waals surface area contributed by atoms with Gasteiger partial charge in [-0.25, -0.2) is 9.59 Å². The Hall–Kier alpha value is -0.840. The van der Waals surface area contributed by atoms with Crippen LogP contribution in [0.25, 0.3) is 0 Å². The van der Waals surface area contributed by atoms with Crippen LogP contribution in [0.3, 0.4) is 0 Å². The van der Waals surface area contributed by atoms with E-state index < -0.39 is 11.9 Å². The first-order chi connectivity index (χ1) is 4.57. The van der Waals surface area contributed by atoms with Crippen molar-refractivity contribution >= 4 is 27.9 Å². The molecule has 0 heterocycles. The second-order valence-electron chi connectivity index (χ2n) is 1.45. The Kier molecular flexibility index (Phi) is 3.71. The zero-order valence-electron chi connectivity index (χ0n) is 4.87. The van der Waals surface area contributed by atoms with E-state index in [1.807, 2.05) is 0 Å². The van der Waals surface area contributed by atoms with Gasteiger partial charge in [-0.15, -0.1) is 0 Å². The normalized spacial score (nSPS) is 11.1. The van der Waals surface area contributed by atoms with E-state index >= 15 is 0 Å². The van der Waals surface area contributed by atoms with Gasteiger partial charge in [0.15, 0.2) is 0 Å². The molecule has 0 atom stereocenters. The lowest BCUT2D eigenvalue weighted by Crippen LogP contribution is -2.04. The zero-order valence-corrected chi connectivity index (χ0v) is 6.46. The van der Waals surface area contributed by atoms with Crippen LogP contribution in [0.4, 0.5) is 0 Å². The Morgan fingerprint density at radius 2 is 1.90 bits per heavy atom. The van der Waals surface area contributed by atoms with Crippen molar-refractivity contribution in [2.24, 2.45) is 0 Å². The highest BCUT2D eigenvalue weighted by Gasteiger charge is 2.06. The molecule has 0 aromatic heterocycles. The van der Waals surface area contributed by atoms with Crippen LogP contribution >= 0.6 is 15.9 Å². The largest absolute Gasteiger partial charge is 0.478 e. The highest BCUT2D eigenvalue weighted by molar-refractivity contribution is 9.09. The second-order valence-corrected chi connectivity index (χ2v) is 2.01. The summed E-state index contributed by atoms with van der Waals surface area (Å²) < 4.78 is 0. The summed E-state index contributed by atoms with van der Waals surface area (Å²) in [6.07, 6.45) is 0.650. The summed E-state index contributed by atoms with van der Waals surface area (Å²) in [5.74, 6) is -2.48. The van der Waals surface area contributed by atoms with Gasteiger partial charge >= 0.3 is 11.9 Å². The molecule has 0 aromatic rings. The fourth-order valence-corrected chi connectivity index (χ4v) is 0.708. The van der Waals surface area contributed by atoms with Crippen molar-refractivity contribution in [2.45, 2.75) is 0 Å². The Balaban J connectivity index is 4.34. The van der Waals surface area contributed by atoms with E-state index in [1.54, 1.807) is 0 Å². The molecule has 0 rings (SSSR count). The molecule has 0 aliphatic rings. The maximum atomic E-state index is 10.1. The number of rotatable bonds is 3. The standard InChI is InChI=1S/C5H5BrO4/c6-2-3(5(9)10)1-4(7)8/h1H,2H2,(H,7,8)(H,9,10). The molecular formula is C5H5BrO4. The van der Waals surface area contributed by atoms with Gasteiger partial charge in [-0.1, -0.05) is 15.9 Å². The summed E-state index contributed by atoms with van der Waals surface area (Å²) in [5.41, 5.74) is -0.174. The molecule has 5 heteroatoms. The van der Waals surface area contributed by atoms with Gasteiger partial charge in [0.2, 0.25) is 0 Å². The van der Waals surface area contributed by atoms with Crippen molar-refractivity contribution in [3.63, 3.8) is 0 Å². The van der Waals surface area contributed by atoms with Crippen LogP contribution in [0.2, 0.25) is 0 Å². The molecule has 0 aliphatic heterocycles. The van der Waals surface area contributed by atoms with E-state index in [9.17, 15) is 9.59 Å². The van der Waals surface area contributed by atoms with Crippen LogP contribution < -0.4 is 0 Å². The molecule has 0 radical (unpaired) electrons. The first-order valence-corrected chi connectivity index (χ1v) is 3.43. The summed E-state index contributed by atoms with van der Waals surface area (Å²) in [5, 5.41) is 16.4. The molecule has 0 saturated carbocycles. The molecule has 2 N–H and O–H groups in total. The minimum Gasteiger partial charge on any atom is -0.478 e. The van der Waals surface area contributed by atoms with Gasteiger partial charge in [0, 0.05) is 11.4 Å². The molecule has 0 spiro atoms. The maximum absolute atomic E-state index is 10.1. The number of halogens is 1. The SMILES string of the molecule is O=C(O)C=C(CBr)C(=O)O. The third kappa shape index (κ3) is 3.24. The predicted molar refractivity (Wildman–Crippen MR) is 37.1 cm³/mol. The Labute approximate surface area is 65.3 Å². The highest BCUT2D eigenvalue weighted by atomic mass is 79.9. The number of carboxylic acids is 2. The average molecular weight is 209 g/mol. The van der Waals surface area contributed by atoms with E-state index in [0.717, 1.165) is 0 Å². The highest BCUT2D eigenvalue weighted by Crippen LogP contribution is 1.98. The van der Waals surface area contributed by atoms with Crippen LogP contribution in [-0.4, -0.2) is 27.5 Å². The van der Waals surface area contributed by atoms with Crippen molar-refractivity contribution in [2.75, 3.05) is 5.33 Å². The van der Waals surface area contributed by atoms with Crippen LogP contribution in [0, 0.1) is 0 Å². The third-order valence-electron chi connectivity index (χ3n) is 0.716. The molecule has 0 bridgehead atoms. The molecule has 0 saturated heterocycles. The number of carbonyl (C=O) groups is 2. The predicted octanol–water partition coefficient (Wildman–Crippen LogP) is 0.477. The van der Waals surface area contributed by atoms with Gasteiger partial charge in [0.05, 0.1) is 5.57 Å². The second kappa shape index (κ2) is 4.05. The summed E-state index contributed by atoms with van der Waals surface area (Å²) in [7, 11) is 0. The Morgan fingerprint density at radius 1 is 1.40 bits per heavy atom.